The summed E-state index contributed by atoms with van der Waals surface area (Å²) in [5, 5.41) is 9.55. The molecule has 0 radical (unpaired) electrons. The molecule has 1 amide bonds. The van der Waals surface area contributed by atoms with Gasteiger partial charge in [0.1, 0.15) is 6.10 Å². The van der Waals surface area contributed by atoms with Gasteiger partial charge in [0.2, 0.25) is 5.88 Å². The summed E-state index contributed by atoms with van der Waals surface area (Å²) in [7, 11) is 0. The van der Waals surface area contributed by atoms with Crippen LogP contribution in [0.15, 0.2) is 12.4 Å². The molecule has 110 valence electrons. The van der Waals surface area contributed by atoms with Crippen LogP contribution in [-0.2, 0) is 0 Å². The molecule has 1 aliphatic rings. The fraction of sp³-hybridized carbons (Fsp3) is 0.615. The number of carbonyl (C=O) groups is 1. The van der Waals surface area contributed by atoms with Gasteiger partial charge in [0.15, 0.2) is 5.15 Å². The van der Waals surface area contributed by atoms with Gasteiger partial charge < -0.3 is 14.7 Å². The zero-order valence-corrected chi connectivity index (χ0v) is 12.5. The Morgan fingerprint density at radius 3 is 2.75 bits per heavy atom. The molecule has 0 bridgehead atoms. The number of rotatable bonds is 2. The van der Waals surface area contributed by atoms with Gasteiger partial charge in [-0.1, -0.05) is 32.4 Å². The minimum atomic E-state index is -0.923. The number of ether oxygens (including phenoxy) is 1. The lowest BCUT2D eigenvalue weighted by molar-refractivity contribution is 0.0551. The lowest BCUT2D eigenvalue weighted by atomic mass is 9.84. The maximum Gasteiger partial charge on any atom is 0.407 e. The summed E-state index contributed by atoms with van der Waals surface area (Å²) in [5.41, 5.74) is -0.231. The van der Waals surface area contributed by atoms with E-state index in [2.05, 4.69) is 9.97 Å². The molecule has 2 heterocycles. The third-order valence-electron chi connectivity index (χ3n) is 3.33. The summed E-state index contributed by atoms with van der Waals surface area (Å²) in [6, 6.07) is -0.235. The normalized spacial score (nSPS) is 22.9. The van der Waals surface area contributed by atoms with Gasteiger partial charge in [0.05, 0.1) is 18.4 Å². The van der Waals surface area contributed by atoms with E-state index in [-0.39, 0.29) is 22.7 Å². The first-order valence-corrected chi connectivity index (χ1v) is 6.80. The van der Waals surface area contributed by atoms with E-state index in [1.807, 2.05) is 20.8 Å². The Balaban J connectivity index is 2.20. The molecule has 0 saturated carbocycles. The highest BCUT2D eigenvalue weighted by Gasteiger charge is 2.45. The van der Waals surface area contributed by atoms with Gasteiger partial charge in [0, 0.05) is 13.0 Å². The van der Waals surface area contributed by atoms with Crippen LogP contribution < -0.4 is 4.74 Å². The van der Waals surface area contributed by atoms with E-state index in [9.17, 15) is 9.90 Å². The lowest BCUT2D eigenvalue weighted by Crippen LogP contribution is -2.48. The van der Waals surface area contributed by atoms with Crippen molar-refractivity contribution in [1.82, 2.24) is 14.9 Å². The Morgan fingerprint density at radius 1 is 1.50 bits per heavy atom. The van der Waals surface area contributed by atoms with Crippen LogP contribution in [0.4, 0.5) is 4.79 Å². The van der Waals surface area contributed by atoms with Gasteiger partial charge in [-0.05, 0) is 5.41 Å². The fourth-order valence-corrected chi connectivity index (χ4v) is 2.80. The Morgan fingerprint density at radius 2 is 2.20 bits per heavy atom. The van der Waals surface area contributed by atoms with Crippen LogP contribution in [0.5, 0.6) is 5.88 Å². The van der Waals surface area contributed by atoms with Crippen LogP contribution in [0.3, 0.4) is 0 Å². The number of amides is 1. The summed E-state index contributed by atoms with van der Waals surface area (Å²) in [5.74, 6) is 0.323. The van der Waals surface area contributed by atoms with Gasteiger partial charge in [-0.15, -0.1) is 0 Å². The Kier molecular flexibility index (Phi) is 4.04. The Bertz CT molecular complexity index is 504. The molecule has 20 heavy (non-hydrogen) atoms. The Labute approximate surface area is 122 Å². The molecule has 1 aliphatic heterocycles. The van der Waals surface area contributed by atoms with Gasteiger partial charge in [-0.3, -0.25) is 4.98 Å². The molecule has 2 atom stereocenters. The van der Waals surface area contributed by atoms with Crippen molar-refractivity contribution in [3.05, 3.63) is 17.5 Å². The van der Waals surface area contributed by atoms with Gasteiger partial charge >= 0.3 is 6.09 Å². The third kappa shape index (κ3) is 3.12. The van der Waals surface area contributed by atoms with Crippen molar-refractivity contribution < 1.29 is 14.6 Å². The molecule has 6 nitrogen and oxygen atoms in total. The molecule has 0 spiro atoms. The smallest absolute Gasteiger partial charge is 0.407 e. The number of hydrogen-bond donors (Lipinski definition) is 1. The first-order valence-electron chi connectivity index (χ1n) is 6.43. The SMILES string of the molecule is CC(C)(C)C1[C@H](Oc2cncc(Cl)n2)CCN1C(=O)O. The lowest BCUT2D eigenvalue weighted by Gasteiger charge is -2.36. The number of hydrogen-bond acceptors (Lipinski definition) is 4. The highest BCUT2D eigenvalue weighted by atomic mass is 35.5. The molecule has 1 unspecified atom stereocenters. The molecule has 1 aromatic heterocycles. The largest absolute Gasteiger partial charge is 0.471 e. The summed E-state index contributed by atoms with van der Waals surface area (Å²) in [6.45, 7) is 6.45. The third-order valence-corrected chi connectivity index (χ3v) is 3.51. The van der Waals surface area contributed by atoms with Crippen LogP contribution in [-0.4, -0.2) is 44.8 Å². The molecular weight excluding hydrogens is 282 g/mol. The van der Waals surface area contributed by atoms with Crippen molar-refractivity contribution in [2.24, 2.45) is 5.41 Å². The monoisotopic (exact) mass is 299 g/mol. The van der Waals surface area contributed by atoms with E-state index in [1.165, 1.54) is 17.3 Å². The predicted octanol–water partition coefficient (Wildman–Crippen LogP) is 2.68. The topological polar surface area (TPSA) is 75.6 Å². The first kappa shape index (κ1) is 14.8. The van der Waals surface area contributed by atoms with Crippen LogP contribution in [0.2, 0.25) is 5.15 Å². The van der Waals surface area contributed by atoms with Crippen LogP contribution in [0.25, 0.3) is 0 Å². The second kappa shape index (κ2) is 5.44. The number of halogens is 1. The maximum absolute atomic E-state index is 11.3. The van der Waals surface area contributed by atoms with Crippen molar-refractivity contribution >= 4 is 17.7 Å². The van der Waals surface area contributed by atoms with Crippen LogP contribution >= 0.6 is 11.6 Å². The molecule has 1 N–H and O–H groups in total. The molecule has 2 rings (SSSR count). The molecule has 0 aliphatic carbocycles. The minimum Gasteiger partial charge on any atom is -0.471 e. The molecular formula is C13H18ClN3O3. The highest BCUT2D eigenvalue weighted by Crippen LogP contribution is 2.35. The van der Waals surface area contributed by atoms with E-state index >= 15 is 0 Å². The highest BCUT2D eigenvalue weighted by molar-refractivity contribution is 6.29. The van der Waals surface area contributed by atoms with E-state index in [0.29, 0.717) is 18.8 Å². The number of likely N-dealkylation sites (tertiary alicyclic amines) is 1. The van der Waals surface area contributed by atoms with E-state index in [0.717, 1.165) is 0 Å². The summed E-state index contributed by atoms with van der Waals surface area (Å²) < 4.78 is 5.81. The minimum absolute atomic E-state index is 0.231. The number of nitrogens with zero attached hydrogens (tertiary/aromatic N) is 3. The zero-order chi connectivity index (χ0) is 14.9. The summed E-state index contributed by atoms with van der Waals surface area (Å²) in [4.78, 5) is 20.7. The fourth-order valence-electron chi connectivity index (χ4n) is 2.66. The first-order chi connectivity index (χ1) is 9.29. The van der Waals surface area contributed by atoms with E-state index < -0.39 is 6.09 Å². The zero-order valence-electron chi connectivity index (χ0n) is 11.7. The van der Waals surface area contributed by atoms with E-state index in [4.69, 9.17) is 16.3 Å². The molecule has 1 aromatic rings. The van der Waals surface area contributed by atoms with Crippen molar-refractivity contribution in [2.75, 3.05) is 6.54 Å². The Hall–Kier alpha value is -1.56. The second-order valence-electron chi connectivity index (χ2n) is 5.91. The standard InChI is InChI=1S/C13H18ClN3O3/c1-13(2,3)11-8(4-5-17(11)12(18)19)20-10-7-15-6-9(14)16-10/h6-8,11H,4-5H2,1-3H3,(H,18,19)/t8-,11?/m1/s1. The number of aromatic nitrogens is 2. The van der Waals surface area contributed by atoms with Gasteiger partial charge in [-0.2, -0.15) is 4.98 Å². The second-order valence-corrected chi connectivity index (χ2v) is 6.30. The molecule has 1 saturated heterocycles. The summed E-state index contributed by atoms with van der Waals surface area (Å²) >= 11 is 5.78. The predicted molar refractivity (Wildman–Crippen MR) is 74.0 cm³/mol. The maximum atomic E-state index is 11.3. The molecule has 1 fully saturated rings. The van der Waals surface area contributed by atoms with Crippen LogP contribution in [0.1, 0.15) is 27.2 Å². The number of carboxylic acid groups (broad SMARTS) is 1. The molecule has 7 heteroatoms. The van der Waals surface area contributed by atoms with Crippen molar-refractivity contribution in [3.63, 3.8) is 0 Å². The average Bonchev–Trinajstić information content (AvgIpc) is 2.72. The van der Waals surface area contributed by atoms with E-state index in [1.54, 1.807) is 0 Å². The van der Waals surface area contributed by atoms with Crippen molar-refractivity contribution in [3.8, 4) is 5.88 Å². The van der Waals surface area contributed by atoms with Crippen molar-refractivity contribution in [1.29, 1.82) is 0 Å². The average molecular weight is 300 g/mol. The van der Waals surface area contributed by atoms with Gasteiger partial charge in [0.25, 0.3) is 0 Å². The van der Waals surface area contributed by atoms with Crippen LogP contribution in [0, 0.1) is 5.41 Å². The summed E-state index contributed by atoms with van der Waals surface area (Å²) in [6.07, 6.45) is 2.36. The quantitative estimate of drug-likeness (QED) is 0.908. The van der Waals surface area contributed by atoms with Crippen molar-refractivity contribution in [2.45, 2.75) is 39.3 Å². The van der Waals surface area contributed by atoms with Gasteiger partial charge in [-0.25, -0.2) is 4.79 Å². The molecule has 0 aromatic carbocycles.